The highest BCUT2D eigenvalue weighted by atomic mass is 16.7. The first kappa shape index (κ1) is 13.1. The average Bonchev–Trinajstić information content (AvgIpc) is 3.05. The molecule has 2 heterocycles. The van der Waals surface area contributed by atoms with Crippen LogP contribution in [-0.2, 0) is 16.1 Å². The topological polar surface area (TPSA) is 91.6 Å². The molecule has 1 aliphatic rings. The minimum absolute atomic E-state index is 0.144. The SMILES string of the molecule is N[C@@H](Cc1c[nH]c2ccccc12)C(=O)N1CC(O)CO1. The fourth-order valence-corrected chi connectivity index (χ4v) is 2.44. The van der Waals surface area contributed by atoms with Crippen molar-refractivity contribution in [1.82, 2.24) is 10.0 Å². The molecule has 1 aliphatic heterocycles. The van der Waals surface area contributed by atoms with Crippen molar-refractivity contribution in [3.8, 4) is 0 Å². The van der Waals surface area contributed by atoms with E-state index in [1.807, 2.05) is 30.5 Å². The van der Waals surface area contributed by atoms with Crippen LogP contribution in [0.25, 0.3) is 10.9 Å². The molecule has 3 rings (SSSR count). The molecule has 1 amide bonds. The summed E-state index contributed by atoms with van der Waals surface area (Å²) in [4.78, 5) is 20.4. The minimum Gasteiger partial charge on any atom is -0.389 e. The number of fused-ring (bicyclic) bond motifs is 1. The van der Waals surface area contributed by atoms with Crippen molar-refractivity contribution < 1.29 is 14.7 Å². The van der Waals surface area contributed by atoms with E-state index in [9.17, 15) is 9.90 Å². The quantitative estimate of drug-likeness (QED) is 0.744. The van der Waals surface area contributed by atoms with Gasteiger partial charge in [0.25, 0.3) is 5.91 Å². The molecule has 0 aliphatic carbocycles. The van der Waals surface area contributed by atoms with Crippen LogP contribution in [0, 0.1) is 0 Å². The summed E-state index contributed by atoms with van der Waals surface area (Å²) in [5.41, 5.74) is 7.98. The third-order valence-corrected chi connectivity index (χ3v) is 3.48. The zero-order chi connectivity index (χ0) is 14.1. The Morgan fingerprint density at radius 3 is 3.10 bits per heavy atom. The number of carbonyl (C=O) groups excluding carboxylic acids is 1. The molecule has 106 valence electrons. The van der Waals surface area contributed by atoms with Crippen LogP contribution in [0.15, 0.2) is 30.5 Å². The Balaban J connectivity index is 1.72. The number of rotatable bonds is 3. The van der Waals surface area contributed by atoms with Gasteiger partial charge in [0.1, 0.15) is 6.61 Å². The summed E-state index contributed by atoms with van der Waals surface area (Å²) in [7, 11) is 0. The first-order valence-corrected chi connectivity index (χ1v) is 6.58. The molecule has 2 aromatic rings. The number of hydrogen-bond acceptors (Lipinski definition) is 4. The fourth-order valence-electron chi connectivity index (χ4n) is 2.44. The number of aromatic nitrogens is 1. The van der Waals surface area contributed by atoms with E-state index in [-0.39, 0.29) is 19.1 Å². The molecule has 0 spiro atoms. The molecular formula is C14H17N3O3. The molecule has 6 nitrogen and oxygen atoms in total. The van der Waals surface area contributed by atoms with E-state index >= 15 is 0 Å². The lowest BCUT2D eigenvalue weighted by atomic mass is 10.1. The van der Waals surface area contributed by atoms with Gasteiger partial charge < -0.3 is 15.8 Å². The maximum absolute atomic E-state index is 12.1. The van der Waals surface area contributed by atoms with Gasteiger partial charge in [0.15, 0.2) is 0 Å². The van der Waals surface area contributed by atoms with E-state index in [0.717, 1.165) is 21.5 Å². The van der Waals surface area contributed by atoms with Crippen molar-refractivity contribution in [1.29, 1.82) is 0 Å². The summed E-state index contributed by atoms with van der Waals surface area (Å²) in [6.07, 6.45) is 1.68. The van der Waals surface area contributed by atoms with Gasteiger partial charge in [-0.15, -0.1) is 0 Å². The van der Waals surface area contributed by atoms with Crippen LogP contribution in [0.4, 0.5) is 0 Å². The Bertz CT molecular complexity index is 625. The van der Waals surface area contributed by atoms with E-state index in [0.29, 0.717) is 6.42 Å². The third kappa shape index (κ3) is 2.40. The molecule has 1 aromatic carbocycles. The highest BCUT2D eigenvalue weighted by molar-refractivity contribution is 5.85. The lowest BCUT2D eigenvalue weighted by Gasteiger charge is -2.18. The zero-order valence-corrected chi connectivity index (χ0v) is 11.0. The zero-order valence-electron chi connectivity index (χ0n) is 11.0. The first-order chi connectivity index (χ1) is 9.65. The number of hydrogen-bond donors (Lipinski definition) is 3. The number of aromatic amines is 1. The Morgan fingerprint density at radius 1 is 1.55 bits per heavy atom. The fraction of sp³-hybridized carbons (Fsp3) is 0.357. The number of nitrogens with zero attached hydrogens (tertiary/aromatic N) is 1. The number of aliphatic hydroxyl groups excluding tert-OH is 1. The van der Waals surface area contributed by atoms with Crippen molar-refractivity contribution in [2.45, 2.75) is 18.6 Å². The summed E-state index contributed by atoms with van der Waals surface area (Å²) in [5.74, 6) is -0.299. The minimum atomic E-state index is -0.681. The molecule has 2 atom stereocenters. The molecule has 1 unspecified atom stereocenters. The van der Waals surface area contributed by atoms with E-state index < -0.39 is 12.1 Å². The summed E-state index contributed by atoms with van der Waals surface area (Å²) >= 11 is 0. The van der Waals surface area contributed by atoms with Crippen LogP contribution in [0.2, 0.25) is 0 Å². The highest BCUT2D eigenvalue weighted by Gasteiger charge is 2.30. The number of hydroxylamine groups is 2. The number of benzene rings is 1. The molecule has 6 heteroatoms. The number of para-hydroxylation sites is 1. The summed E-state index contributed by atoms with van der Waals surface area (Å²) in [5, 5.41) is 11.6. The lowest BCUT2D eigenvalue weighted by Crippen LogP contribution is -2.43. The van der Waals surface area contributed by atoms with E-state index in [1.165, 1.54) is 0 Å². The van der Waals surface area contributed by atoms with Gasteiger partial charge in [0.2, 0.25) is 0 Å². The van der Waals surface area contributed by atoms with Crippen LogP contribution in [0.3, 0.4) is 0 Å². The van der Waals surface area contributed by atoms with Crippen LogP contribution >= 0.6 is 0 Å². The number of amides is 1. The third-order valence-electron chi connectivity index (χ3n) is 3.48. The number of nitrogens with two attached hydrogens (primary N) is 1. The lowest BCUT2D eigenvalue weighted by molar-refractivity contribution is -0.170. The maximum atomic E-state index is 12.1. The normalized spacial score (nSPS) is 20.5. The second-order valence-electron chi connectivity index (χ2n) is 5.02. The predicted molar refractivity (Wildman–Crippen MR) is 73.6 cm³/mol. The largest absolute Gasteiger partial charge is 0.389 e. The molecule has 1 saturated heterocycles. The van der Waals surface area contributed by atoms with Crippen LogP contribution in [-0.4, -0.2) is 46.4 Å². The van der Waals surface area contributed by atoms with Gasteiger partial charge in [0.05, 0.1) is 18.7 Å². The van der Waals surface area contributed by atoms with Crippen LogP contribution < -0.4 is 5.73 Å². The van der Waals surface area contributed by atoms with Gasteiger partial charge in [-0.25, -0.2) is 5.06 Å². The molecule has 0 bridgehead atoms. The van der Waals surface area contributed by atoms with E-state index in [2.05, 4.69) is 4.98 Å². The Kier molecular flexibility index (Phi) is 3.43. The molecule has 4 N–H and O–H groups in total. The first-order valence-electron chi connectivity index (χ1n) is 6.58. The molecule has 0 saturated carbocycles. The highest BCUT2D eigenvalue weighted by Crippen LogP contribution is 2.19. The Labute approximate surface area is 116 Å². The number of H-pyrrole nitrogens is 1. The van der Waals surface area contributed by atoms with Gasteiger partial charge in [-0.2, -0.15) is 0 Å². The van der Waals surface area contributed by atoms with Crippen molar-refractivity contribution >= 4 is 16.8 Å². The smallest absolute Gasteiger partial charge is 0.263 e. The van der Waals surface area contributed by atoms with E-state index in [4.69, 9.17) is 10.6 Å². The Hall–Kier alpha value is -1.89. The monoisotopic (exact) mass is 275 g/mol. The maximum Gasteiger partial charge on any atom is 0.263 e. The number of carbonyl (C=O) groups is 1. The average molecular weight is 275 g/mol. The number of β-amino-alcohol motifs (C(OH)–C–C–N with tert-alkyl or cyclic N) is 1. The molecule has 1 fully saturated rings. The van der Waals surface area contributed by atoms with Crippen LogP contribution in [0.1, 0.15) is 5.56 Å². The van der Waals surface area contributed by atoms with Crippen LogP contribution in [0.5, 0.6) is 0 Å². The molecule has 1 aromatic heterocycles. The Morgan fingerprint density at radius 2 is 2.35 bits per heavy atom. The van der Waals surface area contributed by atoms with Crippen molar-refractivity contribution in [3.63, 3.8) is 0 Å². The molecule has 20 heavy (non-hydrogen) atoms. The van der Waals surface area contributed by atoms with Gasteiger partial charge in [-0.1, -0.05) is 18.2 Å². The molecule has 0 radical (unpaired) electrons. The predicted octanol–water partition coefficient (Wildman–Crippen LogP) is 0.172. The van der Waals surface area contributed by atoms with Gasteiger partial charge >= 0.3 is 0 Å². The number of aliphatic hydroxyl groups is 1. The number of nitrogens with one attached hydrogen (secondary N) is 1. The van der Waals surface area contributed by atoms with Crippen molar-refractivity contribution in [3.05, 3.63) is 36.0 Å². The second-order valence-corrected chi connectivity index (χ2v) is 5.02. The van der Waals surface area contributed by atoms with Crippen molar-refractivity contribution in [2.75, 3.05) is 13.2 Å². The molecular weight excluding hydrogens is 258 g/mol. The van der Waals surface area contributed by atoms with Gasteiger partial charge in [-0.05, 0) is 18.1 Å². The summed E-state index contributed by atoms with van der Waals surface area (Å²) in [6, 6.07) is 7.19. The van der Waals surface area contributed by atoms with Gasteiger partial charge in [-0.3, -0.25) is 9.63 Å². The van der Waals surface area contributed by atoms with Crippen molar-refractivity contribution in [2.24, 2.45) is 5.73 Å². The standard InChI is InChI=1S/C14H17N3O3/c15-12(14(19)17-7-10(18)8-20-17)5-9-6-16-13-4-2-1-3-11(9)13/h1-4,6,10,12,16,18H,5,7-8,15H2/t10?,12-/m0/s1. The van der Waals surface area contributed by atoms with E-state index in [1.54, 1.807) is 0 Å². The van der Waals surface area contributed by atoms with Gasteiger partial charge in [0, 0.05) is 17.1 Å². The summed E-state index contributed by atoms with van der Waals surface area (Å²) in [6.45, 7) is 0.325. The summed E-state index contributed by atoms with van der Waals surface area (Å²) < 4.78 is 0. The second kappa shape index (κ2) is 5.24.